The molecule has 4 heteroatoms. The van der Waals surface area contributed by atoms with Gasteiger partial charge in [0.05, 0.1) is 15.7 Å². The van der Waals surface area contributed by atoms with E-state index in [9.17, 15) is 5.26 Å². The number of hydrogen-bond donors (Lipinski definition) is 1. The number of nitrogens with zero attached hydrogens (tertiary/aromatic N) is 2. The van der Waals surface area contributed by atoms with Crippen LogP contribution < -0.4 is 5.73 Å². The van der Waals surface area contributed by atoms with E-state index < -0.39 is 0 Å². The van der Waals surface area contributed by atoms with Gasteiger partial charge in [-0.1, -0.05) is 18.2 Å². The second kappa shape index (κ2) is 4.25. The Bertz CT molecular complexity index is 904. The topological polar surface area (TPSA) is 54.7 Å². The number of benzene rings is 1. The van der Waals surface area contributed by atoms with E-state index in [-0.39, 0.29) is 0 Å². The van der Waals surface area contributed by atoms with Crippen molar-refractivity contribution in [2.45, 2.75) is 38.6 Å². The maximum Gasteiger partial charge on any atom is 0.110 e. The van der Waals surface area contributed by atoms with Gasteiger partial charge in [0.2, 0.25) is 0 Å². The lowest BCUT2D eigenvalue weighted by Crippen LogP contribution is -2.03. The zero-order valence-electron chi connectivity index (χ0n) is 12.2. The number of thiophene rings is 1. The molecule has 106 valence electrons. The summed E-state index contributed by atoms with van der Waals surface area (Å²) in [7, 11) is 0. The predicted molar refractivity (Wildman–Crippen MR) is 88.8 cm³/mol. The summed E-state index contributed by atoms with van der Waals surface area (Å²) in [6.45, 7) is 4.36. The quantitative estimate of drug-likeness (QED) is 0.740. The Hall–Kier alpha value is -1.99. The van der Waals surface area contributed by atoms with Crippen LogP contribution in [0.25, 0.3) is 21.1 Å². The van der Waals surface area contributed by atoms with E-state index in [1.165, 1.54) is 29.3 Å². The van der Waals surface area contributed by atoms with E-state index in [4.69, 9.17) is 5.73 Å². The van der Waals surface area contributed by atoms with Crippen LogP contribution in [0.5, 0.6) is 0 Å². The highest BCUT2D eigenvalue weighted by atomic mass is 32.1. The van der Waals surface area contributed by atoms with Gasteiger partial charge >= 0.3 is 0 Å². The molecule has 3 nitrogen and oxygen atoms in total. The number of nitriles is 1. The lowest BCUT2D eigenvalue weighted by molar-refractivity contribution is 0.640. The predicted octanol–water partition coefficient (Wildman–Crippen LogP) is 4.77. The van der Waals surface area contributed by atoms with Gasteiger partial charge in [-0.05, 0) is 38.2 Å². The molecule has 4 rings (SSSR count). The maximum atomic E-state index is 9.49. The summed E-state index contributed by atoms with van der Waals surface area (Å²) in [4.78, 5) is 0. The minimum Gasteiger partial charge on any atom is -0.389 e. The molecule has 0 bridgehead atoms. The van der Waals surface area contributed by atoms with Crippen molar-refractivity contribution in [3.8, 4) is 6.07 Å². The van der Waals surface area contributed by atoms with Crippen molar-refractivity contribution in [2.24, 2.45) is 0 Å². The van der Waals surface area contributed by atoms with Crippen molar-refractivity contribution in [3.05, 3.63) is 29.3 Å². The molecule has 0 saturated heterocycles. The van der Waals surface area contributed by atoms with Crippen molar-refractivity contribution in [1.82, 2.24) is 4.57 Å². The Morgan fingerprint density at radius 2 is 2.10 bits per heavy atom. The van der Waals surface area contributed by atoms with Crippen molar-refractivity contribution in [1.29, 1.82) is 5.26 Å². The Labute approximate surface area is 127 Å². The molecule has 0 atom stereocenters. The number of nitrogen functional groups attached to an aromatic ring is 1. The number of para-hydroxylation sites is 1. The third-order valence-electron chi connectivity index (χ3n) is 4.35. The third kappa shape index (κ3) is 1.64. The van der Waals surface area contributed by atoms with Gasteiger partial charge in [-0.2, -0.15) is 5.26 Å². The molecule has 1 aliphatic carbocycles. The van der Waals surface area contributed by atoms with Crippen molar-refractivity contribution in [2.75, 3.05) is 5.73 Å². The monoisotopic (exact) mass is 295 g/mol. The van der Waals surface area contributed by atoms with Crippen LogP contribution in [0, 0.1) is 11.3 Å². The van der Waals surface area contributed by atoms with Crippen LogP contribution in [0.2, 0.25) is 0 Å². The van der Waals surface area contributed by atoms with Crippen molar-refractivity contribution >= 4 is 37.5 Å². The van der Waals surface area contributed by atoms with Crippen LogP contribution in [-0.2, 0) is 0 Å². The van der Waals surface area contributed by atoms with Crippen molar-refractivity contribution in [3.63, 3.8) is 0 Å². The van der Waals surface area contributed by atoms with Gasteiger partial charge in [-0.15, -0.1) is 11.3 Å². The first-order valence-electron chi connectivity index (χ1n) is 7.38. The van der Waals surface area contributed by atoms with E-state index in [1.54, 1.807) is 11.3 Å². The second-order valence-corrected chi connectivity index (χ2v) is 7.16. The molecule has 2 heterocycles. The van der Waals surface area contributed by atoms with E-state index in [0.717, 1.165) is 10.2 Å². The van der Waals surface area contributed by atoms with Crippen molar-refractivity contribution < 1.29 is 0 Å². The molecule has 0 amide bonds. The van der Waals surface area contributed by atoms with E-state index >= 15 is 0 Å². The average Bonchev–Trinajstić information content (AvgIpc) is 3.17. The number of aromatic nitrogens is 1. The Morgan fingerprint density at radius 3 is 2.71 bits per heavy atom. The Kier molecular flexibility index (Phi) is 2.58. The van der Waals surface area contributed by atoms with Crippen LogP contribution in [0.3, 0.4) is 0 Å². The van der Waals surface area contributed by atoms with Gasteiger partial charge in [-0.25, -0.2) is 0 Å². The van der Waals surface area contributed by atoms with Crippen LogP contribution in [-0.4, -0.2) is 4.57 Å². The summed E-state index contributed by atoms with van der Waals surface area (Å²) in [5.74, 6) is 0.693. The molecular formula is C17H17N3S. The van der Waals surface area contributed by atoms with Gasteiger partial charge in [-0.3, -0.25) is 0 Å². The van der Waals surface area contributed by atoms with Crippen LogP contribution in [0.4, 0.5) is 5.00 Å². The highest BCUT2D eigenvalue weighted by molar-refractivity contribution is 7.24. The molecule has 0 spiro atoms. The maximum absolute atomic E-state index is 9.49. The first kappa shape index (κ1) is 12.7. The number of anilines is 1. The molecule has 1 aliphatic rings. The largest absolute Gasteiger partial charge is 0.389 e. The van der Waals surface area contributed by atoms with E-state index in [1.807, 2.05) is 0 Å². The van der Waals surface area contributed by atoms with Gasteiger partial charge in [0.15, 0.2) is 0 Å². The number of rotatable bonds is 2. The zero-order chi connectivity index (χ0) is 14.7. The van der Waals surface area contributed by atoms with Gasteiger partial charge in [0.25, 0.3) is 0 Å². The van der Waals surface area contributed by atoms with Crippen LogP contribution >= 0.6 is 11.3 Å². The fourth-order valence-corrected chi connectivity index (χ4v) is 4.36. The number of hydrogen-bond acceptors (Lipinski definition) is 3. The fraction of sp³-hybridized carbons (Fsp3) is 0.353. The summed E-state index contributed by atoms with van der Waals surface area (Å²) in [6.07, 6.45) is 2.56. The minimum absolute atomic E-state index is 0.311. The van der Waals surface area contributed by atoms with Crippen LogP contribution in [0.15, 0.2) is 18.2 Å². The zero-order valence-corrected chi connectivity index (χ0v) is 13.0. The third-order valence-corrected chi connectivity index (χ3v) is 5.39. The molecule has 0 unspecified atom stereocenters. The number of fused-ring (bicyclic) bond motifs is 3. The van der Waals surface area contributed by atoms with E-state index in [2.05, 4.69) is 42.7 Å². The second-order valence-electron chi connectivity index (χ2n) is 6.11. The molecule has 2 N–H and O–H groups in total. The first-order chi connectivity index (χ1) is 10.1. The standard InChI is InChI=1S/C17H17N3S/c1-9(2)20-14-11(10-6-7-10)4-3-5-12(14)16-15(20)13(8-18)17(19)21-16/h3-5,9-10H,6-7,19H2,1-2H3. The summed E-state index contributed by atoms with van der Waals surface area (Å²) in [5, 5.41) is 11.4. The summed E-state index contributed by atoms with van der Waals surface area (Å²) < 4.78 is 3.49. The fourth-order valence-electron chi connectivity index (χ4n) is 3.33. The van der Waals surface area contributed by atoms with Gasteiger partial charge in [0.1, 0.15) is 16.6 Å². The molecule has 2 aromatic heterocycles. The molecule has 3 aromatic rings. The first-order valence-corrected chi connectivity index (χ1v) is 8.20. The molecule has 21 heavy (non-hydrogen) atoms. The number of nitrogens with two attached hydrogens (primary N) is 1. The average molecular weight is 295 g/mol. The molecule has 1 fully saturated rings. The summed E-state index contributed by atoms with van der Waals surface area (Å²) >= 11 is 1.55. The highest BCUT2D eigenvalue weighted by Crippen LogP contribution is 2.48. The molecule has 1 aromatic carbocycles. The normalized spacial score (nSPS) is 15.1. The van der Waals surface area contributed by atoms with Gasteiger partial charge < -0.3 is 10.3 Å². The minimum atomic E-state index is 0.311. The molecule has 1 saturated carbocycles. The van der Waals surface area contributed by atoms with Crippen LogP contribution in [0.1, 0.15) is 49.8 Å². The molecule has 0 aliphatic heterocycles. The Morgan fingerprint density at radius 1 is 1.33 bits per heavy atom. The SMILES string of the molecule is CC(C)n1c2c(C3CC3)cccc2c2sc(N)c(C#N)c21. The van der Waals surface area contributed by atoms with Gasteiger partial charge in [0, 0.05) is 11.4 Å². The van der Waals surface area contributed by atoms with E-state index in [0.29, 0.717) is 22.5 Å². The summed E-state index contributed by atoms with van der Waals surface area (Å²) in [5.41, 5.74) is 10.5. The smallest absolute Gasteiger partial charge is 0.110 e. The molecule has 0 radical (unpaired) electrons. The lowest BCUT2D eigenvalue weighted by Gasteiger charge is -2.14. The highest BCUT2D eigenvalue weighted by Gasteiger charge is 2.29. The lowest BCUT2D eigenvalue weighted by atomic mass is 10.1. The molecular weight excluding hydrogens is 278 g/mol. The summed E-state index contributed by atoms with van der Waals surface area (Å²) in [6, 6.07) is 9.17. The Balaban J connectivity index is 2.25.